The lowest BCUT2D eigenvalue weighted by molar-refractivity contribution is 0.355. The number of pyridine rings is 2. The molecule has 0 atom stereocenters. The second-order valence-electron chi connectivity index (χ2n) is 7.17. The number of benzene rings is 3. The van der Waals surface area contributed by atoms with E-state index in [4.69, 9.17) is 19.2 Å². The molecule has 5 aromatic rings. The molecule has 5 nitrogen and oxygen atoms in total. The fourth-order valence-corrected chi connectivity index (χ4v) is 3.66. The van der Waals surface area contributed by atoms with Gasteiger partial charge in [-0.05, 0) is 36.4 Å². The molecular weight excluding hydrogens is 407 g/mol. The average Bonchev–Trinajstić information content (AvgIpc) is 2.83. The third-order valence-electron chi connectivity index (χ3n) is 5.22. The lowest BCUT2D eigenvalue weighted by atomic mass is 10.1. The van der Waals surface area contributed by atoms with E-state index in [0.717, 1.165) is 10.9 Å². The minimum Gasteiger partial charge on any atom is -0.493 e. The van der Waals surface area contributed by atoms with Gasteiger partial charge >= 0.3 is 0 Å². The van der Waals surface area contributed by atoms with Crippen LogP contribution < -0.4 is 14.2 Å². The van der Waals surface area contributed by atoms with E-state index in [1.54, 1.807) is 44.7 Å². The predicted molar refractivity (Wildman–Crippen MR) is 122 cm³/mol. The molecule has 2 aromatic heterocycles. The zero-order valence-corrected chi connectivity index (χ0v) is 17.5. The smallest absolute Gasteiger partial charge is 0.162 e. The number of hydrogen-bond donors (Lipinski definition) is 0. The van der Waals surface area contributed by atoms with Gasteiger partial charge in [0.15, 0.2) is 17.2 Å². The molecule has 0 N–H and O–H groups in total. The van der Waals surface area contributed by atoms with Gasteiger partial charge in [-0.15, -0.1) is 0 Å². The van der Waals surface area contributed by atoms with E-state index in [2.05, 4.69) is 4.98 Å². The van der Waals surface area contributed by atoms with Crippen LogP contribution in [0.1, 0.15) is 0 Å². The van der Waals surface area contributed by atoms with E-state index in [9.17, 15) is 4.39 Å². The fraction of sp³-hybridized carbons (Fsp3) is 0.0769. The standard InChI is InChI=1S/C26H19FN2O3/c1-30-23-14-19-21(15-24(23)31-2)28-11-10-22(19)32-25-13-17-12-18(27)8-9-20(17)29-26(25)16-6-4-3-5-7-16/h3-15H,1-2H3. The van der Waals surface area contributed by atoms with Crippen molar-refractivity contribution in [3.63, 3.8) is 0 Å². The largest absolute Gasteiger partial charge is 0.493 e. The van der Waals surface area contributed by atoms with Crippen molar-refractivity contribution in [2.24, 2.45) is 0 Å². The van der Waals surface area contributed by atoms with Crippen LogP contribution in [0.25, 0.3) is 33.1 Å². The molecule has 0 radical (unpaired) electrons. The lowest BCUT2D eigenvalue weighted by Gasteiger charge is -2.15. The summed E-state index contributed by atoms with van der Waals surface area (Å²) in [7, 11) is 3.16. The van der Waals surface area contributed by atoms with Crippen molar-refractivity contribution in [1.82, 2.24) is 9.97 Å². The van der Waals surface area contributed by atoms with Gasteiger partial charge in [-0.2, -0.15) is 0 Å². The Morgan fingerprint density at radius 3 is 2.28 bits per heavy atom. The molecule has 0 unspecified atom stereocenters. The van der Waals surface area contributed by atoms with Gasteiger partial charge < -0.3 is 14.2 Å². The Morgan fingerprint density at radius 2 is 1.50 bits per heavy atom. The number of ether oxygens (including phenoxy) is 3. The number of methoxy groups -OCH3 is 2. The molecule has 32 heavy (non-hydrogen) atoms. The van der Waals surface area contributed by atoms with Crippen LogP contribution >= 0.6 is 0 Å². The molecule has 0 saturated heterocycles. The summed E-state index contributed by atoms with van der Waals surface area (Å²) < 4.78 is 31.1. The Morgan fingerprint density at radius 1 is 0.719 bits per heavy atom. The number of aromatic nitrogens is 2. The number of hydrogen-bond acceptors (Lipinski definition) is 5. The highest BCUT2D eigenvalue weighted by atomic mass is 19.1. The third kappa shape index (κ3) is 3.56. The van der Waals surface area contributed by atoms with Crippen molar-refractivity contribution >= 4 is 21.8 Å². The van der Waals surface area contributed by atoms with E-state index >= 15 is 0 Å². The molecule has 0 aliphatic rings. The first-order valence-electron chi connectivity index (χ1n) is 10.0. The number of halogens is 1. The summed E-state index contributed by atoms with van der Waals surface area (Å²) in [6.07, 6.45) is 1.67. The lowest BCUT2D eigenvalue weighted by Crippen LogP contribution is -1.96. The minimum atomic E-state index is -0.330. The molecule has 0 fully saturated rings. The van der Waals surface area contributed by atoms with Crippen LogP contribution in [-0.4, -0.2) is 24.2 Å². The molecule has 0 amide bonds. The van der Waals surface area contributed by atoms with Crippen molar-refractivity contribution in [3.05, 3.63) is 84.8 Å². The first kappa shape index (κ1) is 19.8. The van der Waals surface area contributed by atoms with Crippen molar-refractivity contribution < 1.29 is 18.6 Å². The maximum Gasteiger partial charge on any atom is 0.162 e. The summed E-state index contributed by atoms with van der Waals surface area (Å²) in [5, 5.41) is 1.40. The molecule has 158 valence electrons. The molecule has 0 aliphatic carbocycles. The highest BCUT2D eigenvalue weighted by molar-refractivity contribution is 5.89. The van der Waals surface area contributed by atoms with Gasteiger partial charge in [-0.3, -0.25) is 4.98 Å². The van der Waals surface area contributed by atoms with E-state index < -0.39 is 0 Å². The van der Waals surface area contributed by atoms with Crippen LogP contribution in [0.3, 0.4) is 0 Å². The van der Waals surface area contributed by atoms with Crippen LogP contribution in [0, 0.1) is 5.82 Å². The third-order valence-corrected chi connectivity index (χ3v) is 5.22. The van der Waals surface area contributed by atoms with Crippen LogP contribution in [0.4, 0.5) is 4.39 Å². The fourth-order valence-electron chi connectivity index (χ4n) is 3.66. The molecule has 6 heteroatoms. The van der Waals surface area contributed by atoms with Gasteiger partial charge in [0, 0.05) is 28.6 Å². The van der Waals surface area contributed by atoms with Crippen molar-refractivity contribution in [1.29, 1.82) is 0 Å². The normalized spacial score (nSPS) is 11.0. The SMILES string of the molecule is COc1cc2nccc(Oc3cc4cc(F)ccc4nc3-c3ccccc3)c2cc1OC. The molecule has 5 rings (SSSR count). The molecule has 2 heterocycles. The Hall–Kier alpha value is -4.19. The minimum absolute atomic E-state index is 0.330. The topological polar surface area (TPSA) is 53.5 Å². The molecular formula is C26H19FN2O3. The molecule has 3 aromatic carbocycles. The van der Waals surface area contributed by atoms with Crippen LogP contribution in [-0.2, 0) is 0 Å². The number of rotatable bonds is 5. The zero-order chi connectivity index (χ0) is 22.1. The van der Waals surface area contributed by atoms with Gasteiger partial charge in [0.2, 0.25) is 0 Å². The predicted octanol–water partition coefficient (Wildman–Crippen LogP) is 6.40. The van der Waals surface area contributed by atoms with Gasteiger partial charge in [0.1, 0.15) is 17.3 Å². The number of nitrogens with zero attached hydrogens (tertiary/aromatic N) is 2. The summed E-state index contributed by atoms with van der Waals surface area (Å²) in [5.41, 5.74) is 2.94. The van der Waals surface area contributed by atoms with Gasteiger partial charge in [-0.25, -0.2) is 9.37 Å². The Bertz CT molecular complexity index is 1440. The highest BCUT2D eigenvalue weighted by Crippen LogP contribution is 2.39. The van der Waals surface area contributed by atoms with Gasteiger partial charge in [0.25, 0.3) is 0 Å². The number of fused-ring (bicyclic) bond motifs is 2. The highest BCUT2D eigenvalue weighted by Gasteiger charge is 2.15. The van der Waals surface area contributed by atoms with Crippen LogP contribution in [0.15, 0.2) is 79.0 Å². The Kier molecular flexibility index (Phi) is 5.03. The first-order valence-corrected chi connectivity index (χ1v) is 10.0. The van der Waals surface area contributed by atoms with Crippen LogP contribution in [0.5, 0.6) is 23.0 Å². The van der Waals surface area contributed by atoms with E-state index in [0.29, 0.717) is 45.1 Å². The second kappa shape index (κ2) is 8.15. The molecule has 0 bridgehead atoms. The summed E-state index contributed by atoms with van der Waals surface area (Å²) in [6.45, 7) is 0. The summed E-state index contributed by atoms with van der Waals surface area (Å²) in [6, 6.07) is 21.5. The Labute approximate surface area is 184 Å². The van der Waals surface area contributed by atoms with E-state index in [1.165, 1.54) is 12.1 Å². The van der Waals surface area contributed by atoms with E-state index in [1.807, 2.05) is 36.4 Å². The van der Waals surface area contributed by atoms with Gasteiger partial charge in [0.05, 0.1) is 25.3 Å². The molecule has 0 saturated carbocycles. The molecule has 0 aliphatic heterocycles. The maximum atomic E-state index is 13.9. The van der Waals surface area contributed by atoms with Crippen LogP contribution in [0.2, 0.25) is 0 Å². The summed E-state index contributed by atoms with van der Waals surface area (Å²) in [4.78, 5) is 9.20. The van der Waals surface area contributed by atoms with Crippen molar-refractivity contribution in [3.8, 4) is 34.3 Å². The second-order valence-corrected chi connectivity index (χ2v) is 7.17. The Balaban J connectivity index is 1.70. The average molecular weight is 426 g/mol. The quantitative estimate of drug-likeness (QED) is 0.326. The molecule has 0 spiro atoms. The van der Waals surface area contributed by atoms with Crippen molar-refractivity contribution in [2.75, 3.05) is 14.2 Å². The van der Waals surface area contributed by atoms with Crippen molar-refractivity contribution in [2.45, 2.75) is 0 Å². The first-order chi connectivity index (χ1) is 15.7. The zero-order valence-electron chi connectivity index (χ0n) is 17.5. The summed E-state index contributed by atoms with van der Waals surface area (Å²) in [5.74, 6) is 1.91. The van der Waals surface area contributed by atoms with E-state index in [-0.39, 0.29) is 5.82 Å². The monoisotopic (exact) mass is 426 g/mol. The summed E-state index contributed by atoms with van der Waals surface area (Å²) >= 11 is 0. The maximum absolute atomic E-state index is 13.9. The van der Waals surface area contributed by atoms with Gasteiger partial charge in [-0.1, -0.05) is 30.3 Å².